The highest BCUT2D eigenvalue weighted by molar-refractivity contribution is 6.14. The average molecular weight is 448 g/mol. The highest BCUT2D eigenvalue weighted by Crippen LogP contribution is 2.25. The number of benzene rings is 1. The van der Waals surface area contributed by atoms with Gasteiger partial charge in [0.2, 0.25) is 11.9 Å². The van der Waals surface area contributed by atoms with Crippen LogP contribution in [-0.4, -0.2) is 48.6 Å². The third kappa shape index (κ3) is 4.59. The van der Waals surface area contributed by atoms with Crippen LogP contribution in [0.25, 0.3) is 11.7 Å². The van der Waals surface area contributed by atoms with E-state index in [1.54, 1.807) is 22.8 Å². The second kappa shape index (κ2) is 8.22. The number of carbonyl (C=O) groups is 3. The van der Waals surface area contributed by atoms with Crippen molar-refractivity contribution in [1.82, 2.24) is 30.2 Å². The normalized spacial score (nSPS) is 16.7. The quantitative estimate of drug-likeness (QED) is 0.251. The lowest BCUT2D eigenvalue weighted by molar-refractivity contribution is -0.136. The number of imide groups is 1. The van der Waals surface area contributed by atoms with Gasteiger partial charge in [0.25, 0.3) is 5.91 Å². The van der Waals surface area contributed by atoms with E-state index in [9.17, 15) is 14.4 Å². The third-order valence-corrected chi connectivity index (χ3v) is 5.15. The number of amides is 3. The molecule has 1 aliphatic heterocycles. The Bertz CT molecular complexity index is 1290. The summed E-state index contributed by atoms with van der Waals surface area (Å²) in [5.41, 5.74) is 2.78. The molecule has 3 aromatic rings. The predicted molar refractivity (Wildman–Crippen MR) is 117 cm³/mol. The number of aromatic nitrogens is 4. The van der Waals surface area contributed by atoms with Crippen LogP contribution in [-0.2, 0) is 22.6 Å². The van der Waals surface area contributed by atoms with Crippen LogP contribution in [0.2, 0.25) is 0 Å². The number of anilines is 2. The fraction of sp³-hybridized carbons (Fsp3) is 0.238. The molecule has 1 saturated heterocycles. The lowest BCUT2D eigenvalue weighted by Gasteiger charge is -2.10. The standard InChI is InChI=1S/C21H20N8O4/c30-16(31)7-11-1-3-12(4-2-11)9-22-19-26-17-13(8-15-18(32)27-21(33)25-15)10-23-29(17)20(28-19)24-14-5-6-14/h1-4,8,10,14H,5-7,9H2,(H,30,31)(H2,22,24,26,28)(H2,25,27,32,33)/b15-8-. The van der Waals surface area contributed by atoms with E-state index in [0.29, 0.717) is 35.7 Å². The lowest BCUT2D eigenvalue weighted by Crippen LogP contribution is -2.22. The molecule has 0 bridgehead atoms. The highest BCUT2D eigenvalue weighted by atomic mass is 16.4. The summed E-state index contributed by atoms with van der Waals surface area (Å²) in [6, 6.07) is 7.00. The molecule has 1 aromatic carbocycles. The first kappa shape index (κ1) is 20.4. The first-order valence-corrected chi connectivity index (χ1v) is 10.3. The third-order valence-electron chi connectivity index (χ3n) is 5.15. The molecule has 12 heteroatoms. The molecular formula is C21H20N8O4. The van der Waals surface area contributed by atoms with E-state index in [0.717, 1.165) is 24.0 Å². The first-order chi connectivity index (χ1) is 15.9. The summed E-state index contributed by atoms with van der Waals surface area (Å²) in [5, 5.41) is 24.4. The molecule has 2 aliphatic rings. The van der Waals surface area contributed by atoms with Gasteiger partial charge < -0.3 is 21.1 Å². The monoisotopic (exact) mass is 448 g/mol. The number of hydrogen-bond donors (Lipinski definition) is 5. The van der Waals surface area contributed by atoms with Crippen molar-refractivity contribution in [3.63, 3.8) is 0 Å². The van der Waals surface area contributed by atoms with E-state index in [1.807, 2.05) is 12.1 Å². The molecule has 3 heterocycles. The number of fused-ring (bicyclic) bond motifs is 1. The zero-order valence-corrected chi connectivity index (χ0v) is 17.3. The summed E-state index contributed by atoms with van der Waals surface area (Å²) in [4.78, 5) is 43.2. The summed E-state index contributed by atoms with van der Waals surface area (Å²) in [6.45, 7) is 0.426. The fourth-order valence-corrected chi connectivity index (χ4v) is 3.35. The minimum Gasteiger partial charge on any atom is -0.481 e. The number of aliphatic carboxylic acids is 1. The van der Waals surface area contributed by atoms with E-state index in [1.165, 1.54) is 6.08 Å². The number of urea groups is 1. The van der Waals surface area contributed by atoms with Crippen molar-refractivity contribution in [2.45, 2.75) is 31.8 Å². The molecule has 0 radical (unpaired) electrons. The molecule has 1 aliphatic carbocycles. The van der Waals surface area contributed by atoms with Crippen LogP contribution in [0.4, 0.5) is 16.7 Å². The fourth-order valence-electron chi connectivity index (χ4n) is 3.35. The van der Waals surface area contributed by atoms with Crippen molar-refractivity contribution < 1.29 is 19.5 Å². The number of nitrogens with one attached hydrogen (secondary N) is 4. The summed E-state index contributed by atoms with van der Waals surface area (Å²) in [6.07, 6.45) is 5.13. The predicted octanol–water partition coefficient (Wildman–Crippen LogP) is 1.12. The number of hydrogen-bond acceptors (Lipinski definition) is 8. The molecule has 5 rings (SSSR count). The van der Waals surface area contributed by atoms with Crippen molar-refractivity contribution in [1.29, 1.82) is 0 Å². The smallest absolute Gasteiger partial charge is 0.326 e. The molecule has 0 spiro atoms. The van der Waals surface area contributed by atoms with Crippen LogP contribution in [0, 0.1) is 0 Å². The van der Waals surface area contributed by atoms with Gasteiger partial charge in [-0.3, -0.25) is 14.9 Å². The van der Waals surface area contributed by atoms with Gasteiger partial charge in [-0.25, -0.2) is 4.79 Å². The van der Waals surface area contributed by atoms with Crippen LogP contribution in [0.15, 0.2) is 36.2 Å². The van der Waals surface area contributed by atoms with Gasteiger partial charge in [0.05, 0.1) is 12.6 Å². The summed E-state index contributed by atoms with van der Waals surface area (Å²) >= 11 is 0. The summed E-state index contributed by atoms with van der Waals surface area (Å²) in [7, 11) is 0. The van der Waals surface area contributed by atoms with Gasteiger partial charge in [0, 0.05) is 18.2 Å². The molecule has 3 amide bonds. The lowest BCUT2D eigenvalue weighted by atomic mass is 10.1. The van der Waals surface area contributed by atoms with Gasteiger partial charge in [-0.1, -0.05) is 24.3 Å². The van der Waals surface area contributed by atoms with Crippen molar-refractivity contribution in [2.24, 2.45) is 0 Å². The van der Waals surface area contributed by atoms with E-state index in [-0.39, 0.29) is 12.1 Å². The maximum absolute atomic E-state index is 11.9. The number of carboxylic acids is 1. The molecule has 1 saturated carbocycles. The second-order valence-electron chi connectivity index (χ2n) is 7.83. The molecule has 33 heavy (non-hydrogen) atoms. The Hall–Kier alpha value is -4.48. The zero-order chi connectivity index (χ0) is 22.9. The van der Waals surface area contributed by atoms with Crippen molar-refractivity contribution in [3.8, 4) is 0 Å². The number of carbonyl (C=O) groups excluding carboxylic acids is 2. The molecule has 0 atom stereocenters. The first-order valence-electron chi connectivity index (χ1n) is 10.3. The second-order valence-corrected chi connectivity index (χ2v) is 7.83. The maximum atomic E-state index is 11.9. The van der Waals surface area contributed by atoms with E-state index in [2.05, 4.69) is 36.3 Å². The van der Waals surface area contributed by atoms with Crippen LogP contribution in [0.5, 0.6) is 0 Å². The van der Waals surface area contributed by atoms with Gasteiger partial charge in [0.15, 0.2) is 5.65 Å². The zero-order valence-electron chi connectivity index (χ0n) is 17.3. The molecule has 168 valence electrons. The molecule has 2 fully saturated rings. The minimum atomic E-state index is -0.875. The number of nitrogens with zero attached hydrogens (tertiary/aromatic N) is 4. The average Bonchev–Trinajstić information content (AvgIpc) is 3.41. The van der Waals surface area contributed by atoms with Crippen LogP contribution in [0.3, 0.4) is 0 Å². The van der Waals surface area contributed by atoms with Gasteiger partial charge in [-0.05, 0) is 30.0 Å². The Morgan fingerprint density at radius 1 is 1.15 bits per heavy atom. The van der Waals surface area contributed by atoms with E-state index in [4.69, 9.17) is 5.11 Å². The van der Waals surface area contributed by atoms with Crippen molar-refractivity contribution in [3.05, 3.63) is 52.8 Å². The Morgan fingerprint density at radius 2 is 1.91 bits per heavy atom. The van der Waals surface area contributed by atoms with Crippen LogP contribution >= 0.6 is 0 Å². The van der Waals surface area contributed by atoms with Gasteiger partial charge in [0.1, 0.15) is 5.70 Å². The molecular weight excluding hydrogens is 428 g/mol. The highest BCUT2D eigenvalue weighted by Gasteiger charge is 2.26. The van der Waals surface area contributed by atoms with Gasteiger partial charge >= 0.3 is 12.0 Å². The molecule has 5 N–H and O–H groups in total. The Balaban J connectivity index is 1.42. The van der Waals surface area contributed by atoms with Crippen molar-refractivity contribution in [2.75, 3.05) is 10.6 Å². The minimum absolute atomic E-state index is 0.0261. The van der Waals surface area contributed by atoms with E-state index >= 15 is 0 Å². The van der Waals surface area contributed by atoms with Gasteiger partial charge in [-0.15, -0.1) is 0 Å². The number of carboxylic acid groups (broad SMARTS) is 1. The summed E-state index contributed by atoms with van der Waals surface area (Å²) in [5.74, 6) is -0.513. The van der Waals surface area contributed by atoms with E-state index < -0.39 is 17.9 Å². The largest absolute Gasteiger partial charge is 0.481 e. The van der Waals surface area contributed by atoms with Crippen LogP contribution < -0.4 is 21.3 Å². The summed E-state index contributed by atoms with van der Waals surface area (Å²) < 4.78 is 1.56. The van der Waals surface area contributed by atoms with Gasteiger partial charge in [-0.2, -0.15) is 19.6 Å². The number of rotatable bonds is 8. The van der Waals surface area contributed by atoms with Crippen molar-refractivity contribution >= 4 is 41.5 Å². The molecule has 0 unspecified atom stereocenters. The SMILES string of the molecule is O=C(O)Cc1ccc(CNc2nc(NC3CC3)n3ncc(/C=C4\NC(=O)NC4=O)c3n2)cc1. The topological polar surface area (TPSA) is 163 Å². The molecule has 12 nitrogen and oxygen atoms in total. The maximum Gasteiger partial charge on any atom is 0.326 e. The Kier molecular flexibility index (Phi) is 5.09. The Labute approximate surface area is 187 Å². The van der Waals surface area contributed by atoms with Crippen LogP contribution in [0.1, 0.15) is 29.5 Å². The molecule has 2 aromatic heterocycles. The Morgan fingerprint density at radius 3 is 2.58 bits per heavy atom.